The van der Waals surface area contributed by atoms with E-state index >= 15 is 0 Å². The molecule has 0 spiro atoms. The standard InChI is InChI=1S/C25H32Cl2N2O2/c1-6-18(5)28-25(31)23(7-2)29(15-20-10-11-21(26)22(27)13-20)24(30)14-19-9-8-16(3)17(4)12-19/h8-13,18,23H,6-7,14-15H2,1-5H3,(H,28,31)/t18-,23-/m0/s1. The molecular formula is C25H32Cl2N2O2. The van der Waals surface area contributed by atoms with E-state index in [-0.39, 0.29) is 30.8 Å². The molecule has 2 rings (SSSR count). The molecule has 0 heterocycles. The Bertz CT molecular complexity index is 930. The predicted molar refractivity (Wildman–Crippen MR) is 129 cm³/mol. The summed E-state index contributed by atoms with van der Waals surface area (Å²) >= 11 is 12.2. The van der Waals surface area contributed by atoms with Crippen molar-refractivity contribution >= 4 is 35.0 Å². The third-order valence-corrected chi connectivity index (χ3v) is 6.39. The Morgan fingerprint density at radius 3 is 2.19 bits per heavy atom. The van der Waals surface area contributed by atoms with Gasteiger partial charge in [-0.05, 0) is 68.0 Å². The zero-order valence-corrected chi connectivity index (χ0v) is 20.5. The fourth-order valence-corrected chi connectivity index (χ4v) is 3.71. The molecule has 2 aromatic rings. The molecule has 1 N–H and O–H groups in total. The van der Waals surface area contributed by atoms with E-state index in [1.807, 2.05) is 58.9 Å². The number of amides is 2. The molecule has 0 radical (unpaired) electrons. The molecule has 31 heavy (non-hydrogen) atoms. The Morgan fingerprint density at radius 1 is 0.935 bits per heavy atom. The Morgan fingerprint density at radius 2 is 1.61 bits per heavy atom. The summed E-state index contributed by atoms with van der Waals surface area (Å²) in [5, 5.41) is 3.91. The summed E-state index contributed by atoms with van der Waals surface area (Å²) < 4.78 is 0. The average molecular weight is 463 g/mol. The second-order valence-corrected chi connectivity index (χ2v) is 8.92. The Kier molecular flexibility index (Phi) is 9.39. The van der Waals surface area contributed by atoms with Crippen LogP contribution in [0.15, 0.2) is 36.4 Å². The highest BCUT2D eigenvalue weighted by atomic mass is 35.5. The van der Waals surface area contributed by atoms with Crippen LogP contribution in [0.3, 0.4) is 0 Å². The number of aryl methyl sites for hydroxylation is 2. The number of carbonyl (C=O) groups is 2. The molecule has 2 atom stereocenters. The van der Waals surface area contributed by atoms with Crippen LogP contribution in [0.2, 0.25) is 10.0 Å². The Hall–Kier alpha value is -2.04. The van der Waals surface area contributed by atoms with Gasteiger partial charge < -0.3 is 10.2 Å². The molecule has 0 unspecified atom stereocenters. The van der Waals surface area contributed by atoms with Gasteiger partial charge in [0, 0.05) is 12.6 Å². The van der Waals surface area contributed by atoms with Crippen LogP contribution in [0.5, 0.6) is 0 Å². The van der Waals surface area contributed by atoms with Crippen LogP contribution in [0.4, 0.5) is 0 Å². The van der Waals surface area contributed by atoms with Gasteiger partial charge in [0.2, 0.25) is 11.8 Å². The second kappa shape index (κ2) is 11.5. The van der Waals surface area contributed by atoms with Crippen molar-refractivity contribution in [2.24, 2.45) is 0 Å². The highest BCUT2D eigenvalue weighted by molar-refractivity contribution is 6.42. The van der Waals surface area contributed by atoms with Gasteiger partial charge in [0.25, 0.3) is 0 Å². The summed E-state index contributed by atoms with van der Waals surface area (Å²) in [6, 6.07) is 10.8. The van der Waals surface area contributed by atoms with E-state index in [9.17, 15) is 9.59 Å². The maximum absolute atomic E-state index is 13.4. The van der Waals surface area contributed by atoms with Gasteiger partial charge in [-0.2, -0.15) is 0 Å². The molecule has 2 amide bonds. The van der Waals surface area contributed by atoms with E-state index in [1.165, 1.54) is 5.56 Å². The van der Waals surface area contributed by atoms with Crippen molar-refractivity contribution in [2.75, 3.05) is 0 Å². The van der Waals surface area contributed by atoms with E-state index in [1.54, 1.807) is 17.0 Å². The summed E-state index contributed by atoms with van der Waals surface area (Å²) in [6.45, 7) is 10.3. The SMILES string of the molecule is CC[C@H](C)NC(=O)[C@H](CC)N(Cc1ccc(Cl)c(Cl)c1)C(=O)Cc1ccc(C)c(C)c1. The van der Waals surface area contributed by atoms with Crippen LogP contribution in [0, 0.1) is 13.8 Å². The number of benzene rings is 2. The smallest absolute Gasteiger partial charge is 0.243 e. The minimum Gasteiger partial charge on any atom is -0.352 e. The molecule has 0 saturated carbocycles. The van der Waals surface area contributed by atoms with Crippen molar-refractivity contribution in [2.45, 2.75) is 72.5 Å². The van der Waals surface area contributed by atoms with E-state index in [2.05, 4.69) is 5.32 Å². The van der Waals surface area contributed by atoms with Gasteiger partial charge in [0.05, 0.1) is 16.5 Å². The largest absolute Gasteiger partial charge is 0.352 e. The lowest BCUT2D eigenvalue weighted by atomic mass is 10.0. The Labute approximate surface area is 195 Å². The third kappa shape index (κ3) is 6.98. The molecule has 0 aliphatic rings. The number of rotatable bonds is 9. The molecule has 0 aliphatic heterocycles. The van der Waals surface area contributed by atoms with Crippen LogP contribution in [-0.4, -0.2) is 28.8 Å². The summed E-state index contributed by atoms with van der Waals surface area (Å²) in [4.78, 5) is 28.1. The van der Waals surface area contributed by atoms with E-state index in [4.69, 9.17) is 23.2 Å². The van der Waals surface area contributed by atoms with Gasteiger partial charge in [0.15, 0.2) is 0 Å². The summed E-state index contributed by atoms with van der Waals surface area (Å²) in [7, 11) is 0. The molecule has 0 aromatic heterocycles. The van der Waals surface area contributed by atoms with Crippen molar-refractivity contribution in [3.63, 3.8) is 0 Å². The maximum atomic E-state index is 13.4. The topological polar surface area (TPSA) is 49.4 Å². The molecular weight excluding hydrogens is 431 g/mol. The first kappa shape index (κ1) is 25.2. The number of nitrogens with one attached hydrogen (secondary N) is 1. The van der Waals surface area contributed by atoms with Crippen molar-refractivity contribution in [3.8, 4) is 0 Å². The number of carbonyl (C=O) groups excluding carboxylic acids is 2. The van der Waals surface area contributed by atoms with Crippen LogP contribution in [-0.2, 0) is 22.6 Å². The lowest BCUT2D eigenvalue weighted by Crippen LogP contribution is -2.51. The first-order valence-electron chi connectivity index (χ1n) is 10.8. The molecule has 4 nitrogen and oxygen atoms in total. The van der Waals surface area contributed by atoms with Crippen LogP contribution >= 0.6 is 23.2 Å². The quantitative estimate of drug-likeness (QED) is 0.505. The highest BCUT2D eigenvalue weighted by Crippen LogP contribution is 2.24. The Balaban J connectivity index is 2.34. The van der Waals surface area contributed by atoms with Crippen molar-refractivity contribution in [1.82, 2.24) is 10.2 Å². The first-order chi connectivity index (χ1) is 14.7. The molecule has 0 aliphatic carbocycles. The fourth-order valence-electron chi connectivity index (χ4n) is 3.38. The summed E-state index contributed by atoms with van der Waals surface area (Å²) in [5.41, 5.74) is 4.09. The first-order valence-corrected chi connectivity index (χ1v) is 11.5. The van der Waals surface area contributed by atoms with Crippen molar-refractivity contribution < 1.29 is 9.59 Å². The summed E-state index contributed by atoms with van der Waals surface area (Å²) in [6.07, 6.45) is 1.57. The van der Waals surface area contributed by atoms with Crippen LogP contribution < -0.4 is 5.32 Å². The zero-order chi connectivity index (χ0) is 23.1. The molecule has 0 fully saturated rings. The lowest BCUT2D eigenvalue weighted by Gasteiger charge is -2.31. The normalized spacial score (nSPS) is 12.9. The molecule has 168 valence electrons. The van der Waals surface area contributed by atoms with Gasteiger partial charge in [-0.3, -0.25) is 9.59 Å². The van der Waals surface area contributed by atoms with Crippen LogP contribution in [0.25, 0.3) is 0 Å². The fraction of sp³-hybridized carbons (Fsp3) is 0.440. The van der Waals surface area contributed by atoms with E-state index in [0.29, 0.717) is 16.5 Å². The van der Waals surface area contributed by atoms with Gasteiger partial charge in [-0.1, -0.05) is 61.3 Å². The van der Waals surface area contributed by atoms with Crippen molar-refractivity contribution in [3.05, 3.63) is 68.7 Å². The second-order valence-electron chi connectivity index (χ2n) is 8.11. The molecule has 0 saturated heterocycles. The number of halogens is 2. The molecule has 6 heteroatoms. The number of nitrogens with zero attached hydrogens (tertiary/aromatic N) is 1. The predicted octanol–water partition coefficient (Wildman–Crippen LogP) is 5.87. The van der Waals surface area contributed by atoms with Gasteiger partial charge in [-0.15, -0.1) is 0 Å². The van der Waals surface area contributed by atoms with Crippen LogP contribution in [0.1, 0.15) is 55.9 Å². The number of hydrogen-bond donors (Lipinski definition) is 1. The van der Waals surface area contributed by atoms with Gasteiger partial charge in [-0.25, -0.2) is 0 Å². The average Bonchev–Trinajstić information content (AvgIpc) is 2.72. The van der Waals surface area contributed by atoms with Gasteiger partial charge in [0.1, 0.15) is 6.04 Å². The highest BCUT2D eigenvalue weighted by Gasteiger charge is 2.29. The van der Waals surface area contributed by atoms with E-state index in [0.717, 1.165) is 23.1 Å². The zero-order valence-electron chi connectivity index (χ0n) is 19.0. The van der Waals surface area contributed by atoms with Gasteiger partial charge >= 0.3 is 0 Å². The minimum absolute atomic E-state index is 0.0447. The summed E-state index contributed by atoms with van der Waals surface area (Å²) in [5.74, 6) is -0.231. The third-order valence-electron chi connectivity index (χ3n) is 5.65. The molecule has 2 aromatic carbocycles. The minimum atomic E-state index is -0.567. The van der Waals surface area contributed by atoms with Crippen molar-refractivity contribution in [1.29, 1.82) is 0 Å². The number of hydrogen-bond acceptors (Lipinski definition) is 2. The van der Waals surface area contributed by atoms with E-state index < -0.39 is 6.04 Å². The maximum Gasteiger partial charge on any atom is 0.243 e. The monoisotopic (exact) mass is 462 g/mol. The lowest BCUT2D eigenvalue weighted by molar-refractivity contribution is -0.141. The molecule has 0 bridgehead atoms.